The predicted octanol–water partition coefficient (Wildman–Crippen LogP) is 13.2. The molecule has 0 unspecified atom stereocenters. The fourth-order valence-corrected chi connectivity index (χ4v) is 11.4. The van der Waals surface area contributed by atoms with E-state index in [1.165, 1.54) is 96.3 Å². The van der Waals surface area contributed by atoms with Crippen molar-refractivity contribution in [2.24, 2.45) is 35.0 Å². The summed E-state index contributed by atoms with van der Waals surface area (Å²) in [7, 11) is 0. The maximum absolute atomic E-state index is 13.7. The molecule has 0 aromatic carbocycles. The molecule has 0 amide bonds. The van der Waals surface area contributed by atoms with Crippen LogP contribution in [-0.4, -0.2) is 107 Å². The van der Waals surface area contributed by atoms with Gasteiger partial charge in [0.2, 0.25) is 0 Å². The van der Waals surface area contributed by atoms with E-state index in [0.29, 0.717) is 76.4 Å². The van der Waals surface area contributed by atoms with Crippen LogP contribution in [0.1, 0.15) is 240 Å². The molecule has 0 N–H and O–H groups in total. The van der Waals surface area contributed by atoms with E-state index in [-0.39, 0.29) is 69.7 Å². The normalized spacial score (nSPS) is 18.9. The lowest BCUT2D eigenvalue weighted by Crippen LogP contribution is -2.46. The molecular weight excluding hydrogens is 931 g/mol. The second-order valence-corrected chi connectivity index (χ2v) is 22.1. The van der Waals surface area contributed by atoms with Gasteiger partial charge in [-0.3, -0.25) is 24.0 Å². The summed E-state index contributed by atoms with van der Waals surface area (Å²) in [4.78, 5) is 80.1. The Balaban J connectivity index is 1.54. The van der Waals surface area contributed by atoms with Crippen LogP contribution in [0.15, 0.2) is 0 Å². The summed E-state index contributed by atoms with van der Waals surface area (Å²) in [5.74, 6) is 1.16. The molecule has 0 heterocycles. The molecule has 0 aromatic heterocycles. The minimum Gasteiger partial charge on any atom is -0.466 e. The molecule has 4 rings (SSSR count). The molecule has 73 heavy (non-hydrogen) atoms. The largest absolute Gasteiger partial charge is 0.508 e. The van der Waals surface area contributed by atoms with Crippen LogP contribution < -0.4 is 0 Å². The van der Waals surface area contributed by atoms with Crippen LogP contribution in [0.2, 0.25) is 0 Å². The molecule has 4 aliphatic carbocycles. The molecule has 0 spiro atoms. The maximum Gasteiger partial charge on any atom is 0.508 e. The number of ether oxygens (including phenoxy) is 7. The number of esters is 5. The average molecular weight is 1030 g/mol. The molecule has 0 radical (unpaired) electrons. The monoisotopic (exact) mass is 1030 g/mol. The molecule has 422 valence electrons. The number of rotatable bonds is 46. The quantitative estimate of drug-likeness (QED) is 0.0320. The Bertz CT molecular complexity index is 1430. The minimum absolute atomic E-state index is 0.122. The average Bonchev–Trinajstić information content (AvgIpc) is 3.38. The fraction of sp³-hybridized carbons (Fsp3) is 0.898. The summed E-state index contributed by atoms with van der Waals surface area (Å²) in [5.41, 5.74) is -1.39. The van der Waals surface area contributed by atoms with Crippen LogP contribution >= 0.6 is 0 Å². The first-order valence-corrected chi connectivity index (χ1v) is 29.8. The van der Waals surface area contributed by atoms with Crippen molar-refractivity contribution in [1.82, 2.24) is 4.90 Å². The first-order valence-electron chi connectivity index (χ1n) is 29.8. The SMILES string of the molecule is CCCCCCCCCOC(=O)CCCCCCC(=O)OCC(COC(=O)CCCCCCC(=O)OCCCCCCCCC)(COC(=O)CC1C2CC3CC(C2)CC1C3)COC(=O)OCCCN(CC)CC. The summed E-state index contributed by atoms with van der Waals surface area (Å²) in [6.45, 7) is 10.9. The van der Waals surface area contributed by atoms with Gasteiger partial charge in [-0.2, -0.15) is 0 Å². The number of hydrogen-bond acceptors (Lipinski definition) is 14. The van der Waals surface area contributed by atoms with E-state index in [4.69, 9.17) is 33.2 Å². The van der Waals surface area contributed by atoms with Crippen LogP contribution in [0, 0.1) is 35.0 Å². The fourth-order valence-electron chi connectivity index (χ4n) is 11.4. The van der Waals surface area contributed by atoms with Gasteiger partial charge in [0.25, 0.3) is 0 Å². The summed E-state index contributed by atoms with van der Waals surface area (Å²) in [5, 5.41) is 0. The number of hydrogen-bond donors (Lipinski definition) is 0. The van der Waals surface area contributed by atoms with Gasteiger partial charge in [0.15, 0.2) is 0 Å². The topological polar surface area (TPSA) is 170 Å². The Morgan fingerprint density at radius 3 is 1.16 bits per heavy atom. The molecule has 4 fully saturated rings. The number of nitrogens with zero attached hydrogens (tertiary/aromatic N) is 1. The molecular formula is C59H103NO13. The standard InChI is InChI=1S/C59H103NO13/c1-5-9-11-13-15-21-27-35-67-53(61)30-23-17-19-25-32-55(63)70-44-59(47-73-58(66)69-37-29-34-60(7-3)8-4,46-72-57(65)43-52-50-39-48-38-49(41-50)42-51(52)40-48)45-71-56(64)33-26-20-18-24-31-54(62)68-36-28-22-16-14-12-10-6-2/h48-52H,5-47H2,1-4H3. The molecule has 4 aliphatic rings. The first-order chi connectivity index (χ1) is 35.5. The Hall–Kier alpha value is -3.42. The highest BCUT2D eigenvalue weighted by atomic mass is 16.7. The molecule has 0 aromatic rings. The van der Waals surface area contributed by atoms with E-state index in [2.05, 4.69) is 32.6 Å². The first kappa shape index (κ1) is 63.9. The van der Waals surface area contributed by atoms with Gasteiger partial charge < -0.3 is 38.1 Å². The van der Waals surface area contributed by atoms with Gasteiger partial charge in [-0.1, -0.05) is 130 Å². The van der Waals surface area contributed by atoms with Crippen LogP contribution in [-0.2, 0) is 57.1 Å². The van der Waals surface area contributed by atoms with Gasteiger partial charge in [0.05, 0.1) is 19.8 Å². The number of carbonyl (C=O) groups is 6. The highest BCUT2D eigenvalue weighted by molar-refractivity contribution is 5.71. The van der Waals surface area contributed by atoms with Crippen LogP contribution in [0.5, 0.6) is 0 Å². The van der Waals surface area contributed by atoms with Crippen molar-refractivity contribution in [2.45, 2.75) is 240 Å². The second kappa shape index (κ2) is 39.9. The molecule has 0 aliphatic heterocycles. The molecule has 0 saturated heterocycles. The van der Waals surface area contributed by atoms with Gasteiger partial charge in [-0.15, -0.1) is 0 Å². The Labute approximate surface area is 441 Å². The smallest absolute Gasteiger partial charge is 0.466 e. The van der Waals surface area contributed by atoms with Crippen LogP contribution in [0.25, 0.3) is 0 Å². The third-order valence-electron chi connectivity index (χ3n) is 15.7. The van der Waals surface area contributed by atoms with Gasteiger partial charge in [0, 0.05) is 38.6 Å². The summed E-state index contributed by atoms with van der Waals surface area (Å²) < 4.78 is 39.6. The lowest BCUT2D eigenvalue weighted by molar-refractivity contribution is -0.168. The summed E-state index contributed by atoms with van der Waals surface area (Å²) >= 11 is 0. The third-order valence-corrected chi connectivity index (χ3v) is 15.7. The Kier molecular flexibility index (Phi) is 34.9. The molecule has 14 heteroatoms. The number of carbonyl (C=O) groups excluding carboxylic acids is 6. The van der Waals surface area contributed by atoms with Crippen molar-refractivity contribution >= 4 is 36.0 Å². The Morgan fingerprint density at radius 2 is 0.740 bits per heavy atom. The van der Waals surface area contributed by atoms with E-state index < -0.39 is 23.5 Å². The molecule has 14 nitrogen and oxygen atoms in total. The van der Waals surface area contributed by atoms with Crippen molar-refractivity contribution in [3.8, 4) is 0 Å². The van der Waals surface area contributed by atoms with Crippen molar-refractivity contribution in [3.05, 3.63) is 0 Å². The van der Waals surface area contributed by atoms with E-state index in [0.717, 1.165) is 82.8 Å². The van der Waals surface area contributed by atoms with Gasteiger partial charge in [-0.25, -0.2) is 4.79 Å². The highest BCUT2D eigenvalue weighted by Gasteiger charge is 2.49. The number of unbranched alkanes of at least 4 members (excludes halogenated alkanes) is 18. The predicted molar refractivity (Wildman–Crippen MR) is 283 cm³/mol. The summed E-state index contributed by atoms with van der Waals surface area (Å²) in [6, 6.07) is 0. The lowest BCUT2D eigenvalue weighted by Gasteiger charge is -2.54. The van der Waals surface area contributed by atoms with E-state index >= 15 is 0 Å². The second-order valence-electron chi connectivity index (χ2n) is 22.1. The van der Waals surface area contributed by atoms with Crippen molar-refractivity contribution in [1.29, 1.82) is 0 Å². The maximum atomic E-state index is 13.7. The van der Waals surface area contributed by atoms with E-state index in [1.54, 1.807) is 0 Å². The third kappa shape index (κ3) is 29.5. The van der Waals surface area contributed by atoms with Gasteiger partial charge in [0.1, 0.15) is 31.8 Å². The van der Waals surface area contributed by atoms with Crippen LogP contribution in [0.4, 0.5) is 4.79 Å². The van der Waals surface area contributed by atoms with Crippen molar-refractivity contribution < 1.29 is 61.9 Å². The van der Waals surface area contributed by atoms with Crippen LogP contribution in [0.3, 0.4) is 0 Å². The van der Waals surface area contributed by atoms with Crippen molar-refractivity contribution in [2.75, 3.05) is 65.9 Å². The zero-order chi connectivity index (χ0) is 52.8. The lowest BCUT2D eigenvalue weighted by atomic mass is 9.51. The molecule has 4 saturated carbocycles. The van der Waals surface area contributed by atoms with Crippen molar-refractivity contribution in [3.63, 3.8) is 0 Å². The van der Waals surface area contributed by atoms with Gasteiger partial charge in [-0.05, 0) is 120 Å². The summed E-state index contributed by atoms with van der Waals surface area (Å²) in [6.07, 6.45) is 28.6. The molecule has 0 atom stereocenters. The Morgan fingerprint density at radius 1 is 0.384 bits per heavy atom. The zero-order valence-corrected chi connectivity index (χ0v) is 46.5. The van der Waals surface area contributed by atoms with Gasteiger partial charge >= 0.3 is 36.0 Å². The van der Waals surface area contributed by atoms with E-state index in [9.17, 15) is 28.8 Å². The van der Waals surface area contributed by atoms with E-state index in [1.807, 2.05) is 0 Å². The highest BCUT2D eigenvalue weighted by Crippen LogP contribution is 2.57. The zero-order valence-electron chi connectivity index (χ0n) is 46.5. The molecule has 4 bridgehead atoms. The minimum atomic E-state index is -1.39.